The minimum Gasteiger partial charge on any atom is -0.456 e. The Morgan fingerprint density at radius 3 is 2.59 bits per heavy atom. The summed E-state index contributed by atoms with van der Waals surface area (Å²) in [5, 5.41) is 14.6. The first-order valence-corrected chi connectivity index (χ1v) is 8.42. The summed E-state index contributed by atoms with van der Waals surface area (Å²) in [5.74, 6) is -1.50. The van der Waals surface area contributed by atoms with Gasteiger partial charge in [0.05, 0.1) is 11.1 Å². The highest BCUT2D eigenvalue weighted by Crippen LogP contribution is 2.35. The number of hydrogen-bond acceptors (Lipinski definition) is 4. The van der Waals surface area contributed by atoms with E-state index in [9.17, 15) is 27.5 Å². The van der Waals surface area contributed by atoms with E-state index < -0.39 is 29.7 Å². The average molecular weight is 408 g/mol. The second-order valence-electron chi connectivity index (χ2n) is 6.24. The molecule has 0 fully saturated rings. The third-order valence-corrected chi connectivity index (χ3v) is 4.04. The number of benzene rings is 2. The molecule has 2 aromatic rings. The first kappa shape index (κ1) is 20.4. The van der Waals surface area contributed by atoms with Gasteiger partial charge < -0.3 is 20.5 Å². The van der Waals surface area contributed by atoms with Crippen LogP contribution in [0.1, 0.15) is 21.5 Å². The lowest BCUT2D eigenvalue weighted by molar-refractivity contribution is -0.137. The van der Waals surface area contributed by atoms with Gasteiger partial charge in [0.2, 0.25) is 0 Å². The Balaban J connectivity index is 1.97. The van der Waals surface area contributed by atoms with Gasteiger partial charge in [-0.05, 0) is 61.0 Å². The second kappa shape index (κ2) is 7.96. The number of nitrogens with one attached hydrogen (secondary N) is 2. The van der Waals surface area contributed by atoms with Crippen molar-refractivity contribution >= 4 is 5.91 Å². The van der Waals surface area contributed by atoms with Crippen molar-refractivity contribution < 1.29 is 32.2 Å². The molecule has 0 spiro atoms. The highest BCUT2D eigenvalue weighted by atomic mass is 19.4. The van der Waals surface area contributed by atoms with Crippen LogP contribution in [0, 0.1) is 12.7 Å². The molecule has 0 saturated heterocycles. The Morgan fingerprint density at radius 1 is 1.17 bits per heavy atom. The molecule has 0 bridgehead atoms. The molecule has 152 valence electrons. The molecule has 3 rings (SSSR count). The van der Waals surface area contributed by atoms with E-state index in [1.807, 2.05) is 0 Å². The number of allylic oxidation sites excluding steroid dienone is 1. The normalized spacial score (nSPS) is 16.1. The third-order valence-electron chi connectivity index (χ3n) is 4.04. The summed E-state index contributed by atoms with van der Waals surface area (Å²) in [6.45, 7) is 1.53. The second-order valence-corrected chi connectivity index (χ2v) is 6.24. The molecule has 3 N–H and O–H groups in total. The molecular weight excluding hydrogens is 392 g/mol. The molecule has 1 heterocycles. The van der Waals surface area contributed by atoms with E-state index in [1.54, 1.807) is 0 Å². The molecule has 0 saturated carbocycles. The van der Waals surface area contributed by atoms with Crippen LogP contribution in [0.4, 0.5) is 17.6 Å². The SMILES string of the molecule is Cc1cc(F)ccc1Oc1cc(C(F)(F)F)ccc1C(=O)NC1=CC(O)NC=C1. The van der Waals surface area contributed by atoms with Crippen molar-refractivity contribution in [2.75, 3.05) is 0 Å². The predicted molar refractivity (Wildman–Crippen MR) is 96.5 cm³/mol. The van der Waals surface area contributed by atoms with E-state index in [0.717, 1.165) is 24.3 Å². The molecule has 5 nitrogen and oxygen atoms in total. The predicted octanol–water partition coefficient (Wildman–Crippen LogP) is 3.99. The molecule has 1 aliphatic heterocycles. The fraction of sp³-hybridized carbons (Fsp3) is 0.150. The van der Waals surface area contributed by atoms with Crippen LogP contribution >= 0.6 is 0 Å². The van der Waals surface area contributed by atoms with Crippen LogP contribution in [0.5, 0.6) is 11.5 Å². The van der Waals surface area contributed by atoms with E-state index in [-0.39, 0.29) is 22.8 Å². The number of alkyl halides is 3. The molecule has 0 aromatic heterocycles. The van der Waals surface area contributed by atoms with Crippen molar-refractivity contribution in [3.8, 4) is 11.5 Å². The number of carbonyl (C=O) groups is 1. The van der Waals surface area contributed by atoms with Gasteiger partial charge in [0, 0.05) is 11.9 Å². The van der Waals surface area contributed by atoms with Crippen LogP contribution in [-0.2, 0) is 6.18 Å². The quantitative estimate of drug-likeness (QED) is 0.669. The Kier molecular flexibility index (Phi) is 5.60. The van der Waals surface area contributed by atoms with Gasteiger partial charge in [0.1, 0.15) is 23.5 Å². The summed E-state index contributed by atoms with van der Waals surface area (Å²) in [6.07, 6.45) is -1.46. The van der Waals surface area contributed by atoms with Crippen LogP contribution in [0.15, 0.2) is 60.4 Å². The number of carbonyl (C=O) groups excluding carboxylic acids is 1. The van der Waals surface area contributed by atoms with Gasteiger partial charge in [-0.1, -0.05) is 0 Å². The monoisotopic (exact) mass is 408 g/mol. The van der Waals surface area contributed by atoms with E-state index in [4.69, 9.17) is 4.74 Å². The minimum absolute atomic E-state index is 0.108. The Bertz CT molecular complexity index is 1000. The third kappa shape index (κ3) is 4.94. The Hall–Kier alpha value is -3.33. The molecule has 1 atom stereocenters. The Labute approximate surface area is 163 Å². The number of ether oxygens (including phenoxy) is 1. The van der Waals surface area contributed by atoms with Gasteiger partial charge in [-0.15, -0.1) is 0 Å². The lowest BCUT2D eigenvalue weighted by Crippen LogP contribution is -2.30. The van der Waals surface area contributed by atoms with Crippen molar-refractivity contribution in [3.63, 3.8) is 0 Å². The number of halogens is 4. The molecule has 1 aliphatic rings. The largest absolute Gasteiger partial charge is 0.456 e. The van der Waals surface area contributed by atoms with Gasteiger partial charge in [-0.2, -0.15) is 13.2 Å². The van der Waals surface area contributed by atoms with Crippen molar-refractivity contribution in [1.29, 1.82) is 0 Å². The zero-order chi connectivity index (χ0) is 21.2. The molecule has 29 heavy (non-hydrogen) atoms. The highest BCUT2D eigenvalue weighted by molar-refractivity contribution is 5.98. The summed E-state index contributed by atoms with van der Waals surface area (Å²) >= 11 is 0. The Morgan fingerprint density at radius 2 is 1.93 bits per heavy atom. The van der Waals surface area contributed by atoms with E-state index in [1.165, 1.54) is 31.3 Å². The van der Waals surface area contributed by atoms with E-state index in [2.05, 4.69) is 10.6 Å². The van der Waals surface area contributed by atoms with Crippen LogP contribution < -0.4 is 15.4 Å². The van der Waals surface area contributed by atoms with Crippen LogP contribution in [-0.4, -0.2) is 17.2 Å². The number of rotatable bonds is 4. The first-order valence-electron chi connectivity index (χ1n) is 8.42. The van der Waals surface area contributed by atoms with Crippen LogP contribution in [0.2, 0.25) is 0 Å². The summed E-state index contributed by atoms with van der Waals surface area (Å²) in [7, 11) is 0. The molecule has 2 aromatic carbocycles. The van der Waals surface area contributed by atoms with Gasteiger partial charge >= 0.3 is 6.18 Å². The van der Waals surface area contributed by atoms with Gasteiger partial charge in [0.25, 0.3) is 5.91 Å². The van der Waals surface area contributed by atoms with Gasteiger partial charge in [0.15, 0.2) is 0 Å². The van der Waals surface area contributed by atoms with Gasteiger partial charge in [-0.3, -0.25) is 4.79 Å². The number of aryl methyl sites for hydroxylation is 1. The lowest BCUT2D eigenvalue weighted by atomic mass is 10.1. The van der Waals surface area contributed by atoms with Crippen molar-refractivity contribution in [2.24, 2.45) is 0 Å². The zero-order valence-electron chi connectivity index (χ0n) is 15.0. The minimum atomic E-state index is -4.64. The van der Waals surface area contributed by atoms with Crippen molar-refractivity contribution in [2.45, 2.75) is 19.3 Å². The number of aliphatic hydroxyl groups excluding tert-OH is 1. The smallest absolute Gasteiger partial charge is 0.416 e. The summed E-state index contributed by atoms with van der Waals surface area (Å²) < 4.78 is 58.2. The zero-order valence-corrected chi connectivity index (χ0v) is 15.0. The average Bonchev–Trinajstić information content (AvgIpc) is 2.63. The van der Waals surface area contributed by atoms with Gasteiger partial charge in [-0.25, -0.2) is 4.39 Å². The summed E-state index contributed by atoms with van der Waals surface area (Å²) in [5.41, 5.74) is -0.560. The first-order chi connectivity index (χ1) is 13.6. The van der Waals surface area contributed by atoms with E-state index in [0.29, 0.717) is 11.6 Å². The fourth-order valence-corrected chi connectivity index (χ4v) is 2.61. The summed E-state index contributed by atoms with van der Waals surface area (Å²) in [4.78, 5) is 12.6. The number of amides is 1. The molecule has 1 amide bonds. The maximum Gasteiger partial charge on any atom is 0.416 e. The maximum absolute atomic E-state index is 13.3. The maximum atomic E-state index is 13.3. The highest BCUT2D eigenvalue weighted by Gasteiger charge is 2.32. The van der Waals surface area contributed by atoms with Crippen molar-refractivity contribution in [3.05, 3.63) is 83.0 Å². The number of dihydropyridines is 1. The molecule has 0 radical (unpaired) electrons. The van der Waals surface area contributed by atoms with Crippen LogP contribution in [0.25, 0.3) is 0 Å². The molecule has 9 heteroatoms. The topological polar surface area (TPSA) is 70.6 Å². The molecule has 0 aliphatic carbocycles. The van der Waals surface area contributed by atoms with Crippen LogP contribution in [0.3, 0.4) is 0 Å². The standard InChI is InChI=1S/C20H16F4N2O3/c1-11-8-13(21)3-5-16(11)29-17-9-12(20(22,23)24)2-4-15(17)19(28)26-14-6-7-25-18(27)10-14/h2-10,18,25,27H,1H3,(H,26,28). The number of aliphatic hydroxyl groups is 1. The lowest BCUT2D eigenvalue weighted by Gasteiger charge is -2.17. The number of hydrogen-bond donors (Lipinski definition) is 3. The fourth-order valence-electron chi connectivity index (χ4n) is 2.61. The summed E-state index contributed by atoms with van der Waals surface area (Å²) in [6, 6.07) is 5.99. The molecule has 1 unspecified atom stereocenters. The molecular formula is C20H16F4N2O3. The van der Waals surface area contributed by atoms with Crippen molar-refractivity contribution in [1.82, 2.24) is 10.6 Å². The van der Waals surface area contributed by atoms with E-state index >= 15 is 0 Å².